The summed E-state index contributed by atoms with van der Waals surface area (Å²) in [5, 5.41) is 5.66. The van der Waals surface area contributed by atoms with E-state index in [0.29, 0.717) is 18.7 Å². The number of carbonyl (C=O) groups excluding carboxylic acids is 3. The van der Waals surface area contributed by atoms with Crippen LogP contribution in [0.15, 0.2) is 48.5 Å². The Morgan fingerprint density at radius 2 is 1.97 bits per heavy atom. The van der Waals surface area contributed by atoms with E-state index in [0.717, 1.165) is 16.7 Å². The third-order valence-electron chi connectivity index (χ3n) is 4.82. The van der Waals surface area contributed by atoms with Crippen LogP contribution in [0.25, 0.3) is 0 Å². The SMILES string of the molecule is COCCNC(=O)c1ccc(CN2C(=O)CC(c3cccc(C)c3)NC2=O)cc1. The monoisotopic (exact) mass is 395 g/mol. The summed E-state index contributed by atoms with van der Waals surface area (Å²) in [5.41, 5.74) is 3.29. The largest absolute Gasteiger partial charge is 0.383 e. The molecule has 0 aromatic heterocycles. The number of hydrogen-bond acceptors (Lipinski definition) is 4. The lowest BCUT2D eigenvalue weighted by atomic mass is 9.99. The van der Waals surface area contributed by atoms with Crippen LogP contribution in [0.1, 0.15) is 39.5 Å². The average Bonchev–Trinajstić information content (AvgIpc) is 2.71. The van der Waals surface area contributed by atoms with Crippen molar-refractivity contribution >= 4 is 17.8 Å². The van der Waals surface area contributed by atoms with E-state index in [4.69, 9.17) is 4.74 Å². The number of methoxy groups -OCH3 is 1. The van der Waals surface area contributed by atoms with E-state index in [1.807, 2.05) is 31.2 Å². The molecule has 1 unspecified atom stereocenters. The van der Waals surface area contributed by atoms with Crippen LogP contribution in [0.4, 0.5) is 4.79 Å². The average molecular weight is 395 g/mol. The van der Waals surface area contributed by atoms with Gasteiger partial charge in [-0.3, -0.25) is 14.5 Å². The number of aryl methyl sites for hydroxylation is 1. The van der Waals surface area contributed by atoms with Crippen LogP contribution in [0.5, 0.6) is 0 Å². The van der Waals surface area contributed by atoms with Crippen molar-refractivity contribution in [2.24, 2.45) is 0 Å². The maximum absolute atomic E-state index is 12.6. The van der Waals surface area contributed by atoms with Gasteiger partial charge in [-0.05, 0) is 30.2 Å². The third kappa shape index (κ3) is 5.20. The number of carbonyl (C=O) groups is 3. The number of amides is 4. The van der Waals surface area contributed by atoms with E-state index in [9.17, 15) is 14.4 Å². The Balaban J connectivity index is 1.61. The lowest BCUT2D eigenvalue weighted by Crippen LogP contribution is -2.50. The fraction of sp³-hybridized carbons (Fsp3) is 0.318. The van der Waals surface area contributed by atoms with Crippen LogP contribution in [-0.2, 0) is 16.1 Å². The minimum atomic E-state index is -0.408. The summed E-state index contributed by atoms with van der Waals surface area (Å²) in [4.78, 5) is 38.3. The molecule has 7 heteroatoms. The van der Waals surface area contributed by atoms with Crippen molar-refractivity contribution in [1.29, 1.82) is 0 Å². The molecule has 7 nitrogen and oxygen atoms in total. The summed E-state index contributed by atoms with van der Waals surface area (Å²) in [6, 6.07) is 13.9. The maximum atomic E-state index is 12.6. The number of urea groups is 1. The zero-order valence-corrected chi connectivity index (χ0v) is 16.6. The van der Waals surface area contributed by atoms with Crippen molar-refractivity contribution in [2.75, 3.05) is 20.3 Å². The predicted molar refractivity (Wildman–Crippen MR) is 108 cm³/mol. The van der Waals surface area contributed by atoms with Crippen molar-refractivity contribution in [3.8, 4) is 0 Å². The molecule has 1 saturated heterocycles. The highest BCUT2D eigenvalue weighted by atomic mass is 16.5. The highest BCUT2D eigenvalue weighted by molar-refractivity contribution is 5.97. The Hall–Kier alpha value is -3.19. The molecular formula is C22H25N3O4. The normalized spacial score (nSPS) is 16.5. The molecule has 1 aliphatic rings. The zero-order valence-electron chi connectivity index (χ0n) is 16.6. The number of imide groups is 1. The van der Waals surface area contributed by atoms with Crippen LogP contribution < -0.4 is 10.6 Å². The molecule has 4 amide bonds. The van der Waals surface area contributed by atoms with Gasteiger partial charge in [0.2, 0.25) is 5.91 Å². The second-order valence-corrected chi connectivity index (χ2v) is 7.05. The Bertz CT molecular complexity index is 877. The molecule has 1 atom stereocenters. The van der Waals surface area contributed by atoms with Gasteiger partial charge in [-0.15, -0.1) is 0 Å². The molecule has 0 saturated carbocycles. The first kappa shape index (κ1) is 20.5. The summed E-state index contributed by atoms with van der Waals surface area (Å²) >= 11 is 0. The summed E-state index contributed by atoms with van der Waals surface area (Å²) in [6.45, 7) is 3.02. The van der Waals surface area contributed by atoms with Gasteiger partial charge in [0.05, 0.1) is 25.6 Å². The quantitative estimate of drug-likeness (QED) is 0.706. The molecule has 152 valence electrons. The Kier molecular flexibility index (Phi) is 6.61. The number of nitrogens with zero attached hydrogens (tertiary/aromatic N) is 1. The molecule has 1 fully saturated rings. The lowest BCUT2D eigenvalue weighted by molar-refractivity contribution is -0.130. The van der Waals surface area contributed by atoms with Gasteiger partial charge in [0, 0.05) is 19.2 Å². The number of nitrogens with one attached hydrogen (secondary N) is 2. The molecule has 2 N–H and O–H groups in total. The highest BCUT2D eigenvalue weighted by Gasteiger charge is 2.32. The standard InChI is InChI=1S/C22H25N3O4/c1-15-4-3-5-18(12-15)19-13-20(26)25(22(28)24-19)14-16-6-8-17(9-7-16)21(27)23-10-11-29-2/h3-9,12,19H,10-11,13-14H2,1-2H3,(H,23,27)(H,24,28). The lowest BCUT2D eigenvalue weighted by Gasteiger charge is -2.31. The smallest absolute Gasteiger partial charge is 0.324 e. The Morgan fingerprint density at radius 1 is 1.21 bits per heavy atom. The second kappa shape index (κ2) is 9.34. The fourth-order valence-electron chi connectivity index (χ4n) is 3.24. The van der Waals surface area contributed by atoms with Crippen LogP contribution in [0.3, 0.4) is 0 Å². The van der Waals surface area contributed by atoms with Crippen LogP contribution >= 0.6 is 0 Å². The summed E-state index contributed by atoms with van der Waals surface area (Å²) < 4.78 is 4.90. The minimum absolute atomic E-state index is 0.163. The van der Waals surface area contributed by atoms with Gasteiger partial charge in [-0.25, -0.2) is 4.79 Å². The highest BCUT2D eigenvalue weighted by Crippen LogP contribution is 2.24. The van der Waals surface area contributed by atoms with Gasteiger partial charge in [0.1, 0.15) is 0 Å². The maximum Gasteiger partial charge on any atom is 0.324 e. The van der Waals surface area contributed by atoms with E-state index >= 15 is 0 Å². The second-order valence-electron chi connectivity index (χ2n) is 7.05. The fourth-order valence-corrected chi connectivity index (χ4v) is 3.24. The summed E-state index contributed by atoms with van der Waals surface area (Å²) in [7, 11) is 1.57. The molecule has 0 spiro atoms. The van der Waals surface area contributed by atoms with Gasteiger partial charge in [0.25, 0.3) is 5.91 Å². The van der Waals surface area contributed by atoms with Gasteiger partial charge in [0.15, 0.2) is 0 Å². The minimum Gasteiger partial charge on any atom is -0.383 e. The third-order valence-corrected chi connectivity index (χ3v) is 4.82. The molecular weight excluding hydrogens is 370 g/mol. The molecule has 0 bridgehead atoms. The first-order valence-electron chi connectivity index (χ1n) is 9.51. The molecule has 2 aromatic rings. The van der Waals surface area contributed by atoms with Crippen molar-refractivity contribution in [3.63, 3.8) is 0 Å². The van der Waals surface area contributed by atoms with Crippen molar-refractivity contribution in [3.05, 3.63) is 70.8 Å². The van der Waals surface area contributed by atoms with E-state index in [2.05, 4.69) is 10.6 Å². The Morgan fingerprint density at radius 3 is 2.62 bits per heavy atom. The van der Waals surface area contributed by atoms with Gasteiger partial charge in [-0.2, -0.15) is 0 Å². The molecule has 0 radical (unpaired) electrons. The van der Waals surface area contributed by atoms with Crippen LogP contribution in [0.2, 0.25) is 0 Å². The number of rotatable bonds is 7. The molecule has 1 aliphatic heterocycles. The number of hydrogen-bond donors (Lipinski definition) is 2. The van der Waals surface area contributed by atoms with Gasteiger partial charge >= 0.3 is 6.03 Å². The van der Waals surface area contributed by atoms with Gasteiger partial charge < -0.3 is 15.4 Å². The van der Waals surface area contributed by atoms with Crippen LogP contribution in [0, 0.1) is 6.92 Å². The molecule has 2 aromatic carbocycles. The topological polar surface area (TPSA) is 87.7 Å². The van der Waals surface area contributed by atoms with E-state index in [-0.39, 0.29) is 30.8 Å². The summed E-state index contributed by atoms with van der Waals surface area (Å²) in [6.07, 6.45) is 0.217. The van der Waals surface area contributed by atoms with Crippen molar-refractivity contribution < 1.29 is 19.1 Å². The molecule has 0 aliphatic carbocycles. The molecule has 1 heterocycles. The first-order valence-corrected chi connectivity index (χ1v) is 9.51. The van der Waals surface area contributed by atoms with Crippen molar-refractivity contribution in [1.82, 2.24) is 15.5 Å². The van der Waals surface area contributed by atoms with E-state index in [1.165, 1.54) is 4.90 Å². The molecule has 29 heavy (non-hydrogen) atoms. The van der Waals surface area contributed by atoms with Crippen LogP contribution in [-0.4, -0.2) is 43.0 Å². The number of ether oxygens (including phenoxy) is 1. The summed E-state index contributed by atoms with van der Waals surface area (Å²) in [5.74, 6) is -0.414. The first-order chi connectivity index (χ1) is 14.0. The number of benzene rings is 2. The van der Waals surface area contributed by atoms with E-state index in [1.54, 1.807) is 31.4 Å². The zero-order chi connectivity index (χ0) is 20.8. The molecule has 3 rings (SSSR count). The van der Waals surface area contributed by atoms with E-state index < -0.39 is 6.03 Å². The predicted octanol–water partition coefficient (Wildman–Crippen LogP) is 2.55. The van der Waals surface area contributed by atoms with Crippen molar-refractivity contribution in [2.45, 2.75) is 25.9 Å². The van der Waals surface area contributed by atoms with Gasteiger partial charge in [-0.1, -0.05) is 42.0 Å². The Labute approximate surface area is 170 Å².